The molecule has 0 saturated heterocycles. The second-order valence-corrected chi connectivity index (χ2v) is 4.54. The summed E-state index contributed by atoms with van der Waals surface area (Å²) < 4.78 is 0. The van der Waals surface area contributed by atoms with E-state index in [-0.39, 0.29) is 18.3 Å². The van der Waals surface area contributed by atoms with Crippen molar-refractivity contribution in [2.24, 2.45) is 5.73 Å². The Morgan fingerprint density at radius 1 is 1.05 bits per heavy atom. The fourth-order valence-corrected chi connectivity index (χ4v) is 1.85. The number of hydrogen-bond donors (Lipinski definition) is 2. The quantitative estimate of drug-likeness (QED) is 0.685. The molecule has 0 unspecified atom stereocenters. The first-order valence-corrected chi connectivity index (χ1v) is 6.83. The Hall–Kier alpha value is -1.06. The summed E-state index contributed by atoms with van der Waals surface area (Å²) in [5, 5.41) is 2.92. The molecule has 1 rings (SSSR count). The Balaban J connectivity index is 0.00000324. The van der Waals surface area contributed by atoms with Crippen molar-refractivity contribution in [2.75, 3.05) is 13.1 Å². The minimum Gasteiger partial charge on any atom is -0.356 e. The van der Waals surface area contributed by atoms with Crippen molar-refractivity contribution in [3.05, 3.63) is 35.9 Å². The number of unbranched alkanes of at least 4 members (excludes halogenated alkanes) is 2. The van der Waals surface area contributed by atoms with Crippen molar-refractivity contribution in [3.8, 4) is 0 Å². The molecule has 0 aliphatic heterocycles. The van der Waals surface area contributed by atoms with Crippen LogP contribution in [0.5, 0.6) is 0 Å². The van der Waals surface area contributed by atoms with Gasteiger partial charge < -0.3 is 11.1 Å². The fourth-order valence-electron chi connectivity index (χ4n) is 1.85. The first-order chi connectivity index (χ1) is 8.83. The molecular formula is C15H25ClN2O. The zero-order valence-corrected chi connectivity index (χ0v) is 12.3. The van der Waals surface area contributed by atoms with E-state index in [1.54, 1.807) is 0 Å². The van der Waals surface area contributed by atoms with E-state index in [0.717, 1.165) is 32.2 Å². The van der Waals surface area contributed by atoms with E-state index < -0.39 is 0 Å². The minimum absolute atomic E-state index is 0. The van der Waals surface area contributed by atoms with E-state index in [1.807, 2.05) is 6.07 Å². The number of benzene rings is 1. The highest BCUT2D eigenvalue weighted by atomic mass is 35.5. The predicted octanol–water partition coefficient (Wildman–Crippen LogP) is 2.68. The second kappa shape index (κ2) is 12.0. The normalized spacial score (nSPS) is 9.74. The van der Waals surface area contributed by atoms with Crippen LogP contribution in [0.4, 0.5) is 0 Å². The zero-order chi connectivity index (χ0) is 13.1. The number of hydrogen-bond acceptors (Lipinski definition) is 2. The molecule has 0 heterocycles. The Morgan fingerprint density at radius 2 is 1.79 bits per heavy atom. The van der Waals surface area contributed by atoms with Gasteiger partial charge in [0.1, 0.15) is 0 Å². The summed E-state index contributed by atoms with van der Waals surface area (Å²) in [6, 6.07) is 10.5. The number of carbonyl (C=O) groups excluding carboxylic acids is 1. The molecule has 4 heteroatoms. The van der Waals surface area contributed by atoms with Gasteiger partial charge in [0.05, 0.1) is 0 Å². The summed E-state index contributed by atoms with van der Waals surface area (Å²) >= 11 is 0. The van der Waals surface area contributed by atoms with Crippen molar-refractivity contribution < 1.29 is 4.79 Å². The maximum absolute atomic E-state index is 11.3. The zero-order valence-electron chi connectivity index (χ0n) is 11.4. The third kappa shape index (κ3) is 9.51. The lowest BCUT2D eigenvalue weighted by molar-refractivity contribution is -0.121. The van der Waals surface area contributed by atoms with Gasteiger partial charge in [-0.25, -0.2) is 0 Å². The third-order valence-electron chi connectivity index (χ3n) is 2.92. The largest absolute Gasteiger partial charge is 0.356 e. The van der Waals surface area contributed by atoms with E-state index in [0.29, 0.717) is 13.0 Å². The number of rotatable bonds is 9. The molecule has 3 nitrogen and oxygen atoms in total. The van der Waals surface area contributed by atoms with Gasteiger partial charge in [0, 0.05) is 13.0 Å². The van der Waals surface area contributed by atoms with E-state index in [9.17, 15) is 4.79 Å². The van der Waals surface area contributed by atoms with Gasteiger partial charge in [0.15, 0.2) is 0 Å². The fraction of sp³-hybridized carbons (Fsp3) is 0.533. The van der Waals surface area contributed by atoms with Gasteiger partial charge in [-0.15, -0.1) is 12.4 Å². The SMILES string of the molecule is Cl.NCCCC(=O)NCCCCCc1ccccc1. The molecule has 0 fully saturated rings. The Bertz CT molecular complexity index is 330. The van der Waals surface area contributed by atoms with Crippen LogP contribution in [0, 0.1) is 0 Å². The van der Waals surface area contributed by atoms with Gasteiger partial charge >= 0.3 is 0 Å². The first kappa shape index (κ1) is 17.9. The number of halogens is 1. The summed E-state index contributed by atoms with van der Waals surface area (Å²) in [6.45, 7) is 1.38. The Kier molecular flexibility index (Phi) is 11.3. The van der Waals surface area contributed by atoms with Crippen LogP contribution in [-0.2, 0) is 11.2 Å². The van der Waals surface area contributed by atoms with E-state index >= 15 is 0 Å². The average Bonchev–Trinajstić information content (AvgIpc) is 2.41. The molecule has 19 heavy (non-hydrogen) atoms. The van der Waals surface area contributed by atoms with E-state index in [1.165, 1.54) is 12.0 Å². The number of carbonyl (C=O) groups is 1. The van der Waals surface area contributed by atoms with Crippen LogP contribution in [-0.4, -0.2) is 19.0 Å². The lowest BCUT2D eigenvalue weighted by atomic mass is 10.1. The van der Waals surface area contributed by atoms with Gasteiger partial charge in [0.25, 0.3) is 0 Å². The summed E-state index contributed by atoms with van der Waals surface area (Å²) in [5.74, 6) is 0.128. The number of nitrogens with one attached hydrogen (secondary N) is 1. The van der Waals surface area contributed by atoms with Gasteiger partial charge in [-0.3, -0.25) is 4.79 Å². The van der Waals surface area contributed by atoms with Crippen LogP contribution < -0.4 is 11.1 Å². The highest BCUT2D eigenvalue weighted by molar-refractivity contribution is 5.85. The molecule has 108 valence electrons. The highest BCUT2D eigenvalue weighted by Gasteiger charge is 1.99. The molecule has 0 aliphatic carbocycles. The van der Waals surface area contributed by atoms with Crippen molar-refractivity contribution in [3.63, 3.8) is 0 Å². The van der Waals surface area contributed by atoms with Gasteiger partial charge in [-0.2, -0.15) is 0 Å². The molecule has 0 bridgehead atoms. The first-order valence-electron chi connectivity index (χ1n) is 6.83. The molecular weight excluding hydrogens is 260 g/mol. The van der Waals surface area contributed by atoms with Crippen LogP contribution in [0.2, 0.25) is 0 Å². The molecule has 1 amide bonds. The lowest BCUT2D eigenvalue weighted by Crippen LogP contribution is -2.24. The molecule has 0 atom stereocenters. The Labute approximate surface area is 122 Å². The molecule has 0 saturated carbocycles. The highest BCUT2D eigenvalue weighted by Crippen LogP contribution is 2.05. The predicted molar refractivity (Wildman–Crippen MR) is 82.5 cm³/mol. The molecule has 0 aromatic heterocycles. The van der Waals surface area contributed by atoms with Crippen molar-refractivity contribution in [1.82, 2.24) is 5.32 Å². The van der Waals surface area contributed by atoms with Crippen molar-refractivity contribution >= 4 is 18.3 Å². The van der Waals surface area contributed by atoms with Gasteiger partial charge in [0.2, 0.25) is 5.91 Å². The molecule has 0 spiro atoms. The maximum Gasteiger partial charge on any atom is 0.220 e. The molecule has 0 aliphatic rings. The van der Waals surface area contributed by atoms with Gasteiger partial charge in [-0.1, -0.05) is 36.8 Å². The van der Waals surface area contributed by atoms with Gasteiger partial charge in [-0.05, 0) is 37.8 Å². The van der Waals surface area contributed by atoms with Crippen LogP contribution in [0.3, 0.4) is 0 Å². The lowest BCUT2D eigenvalue weighted by Gasteiger charge is -2.05. The summed E-state index contributed by atoms with van der Waals surface area (Å²) in [7, 11) is 0. The monoisotopic (exact) mass is 284 g/mol. The smallest absolute Gasteiger partial charge is 0.220 e. The maximum atomic E-state index is 11.3. The van der Waals surface area contributed by atoms with Crippen LogP contribution >= 0.6 is 12.4 Å². The number of nitrogens with two attached hydrogens (primary N) is 1. The van der Waals surface area contributed by atoms with Crippen molar-refractivity contribution in [2.45, 2.75) is 38.5 Å². The molecule has 1 aromatic rings. The van der Waals surface area contributed by atoms with Crippen LogP contribution in [0.15, 0.2) is 30.3 Å². The number of amides is 1. The third-order valence-corrected chi connectivity index (χ3v) is 2.92. The van der Waals surface area contributed by atoms with Crippen LogP contribution in [0.1, 0.15) is 37.7 Å². The van der Waals surface area contributed by atoms with E-state index in [4.69, 9.17) is 5.73 Å². The molecule has 3 N–H and O–H groups in total. The Morgan fingerprint density at radius 3 is 2.47 bits per heavy atom. The average molecular weight is 285 g/mol. The second-order valence-electron chi connectivity index (χ2n) is 4.54. The summed E-state index contributed by atoms with van der Waals surface area (Å²) in [5.41, 5.74) is 6.74. The van der Waals surface area contributed by atoms with Crippen LogP contribution in [0.25, 0.3) is 0 Å². The molecule has 1 aromatic carbocycles. The summed E-state index contributed by atoms with van der Waals surface area (Å²) in [4.78, 5) is 11.3. The standard InChI is InChI=1S/C15H24N2O.ClH/c16-12-7-11-15(18)17-13-6-2-5-10-14-8-3-1-4-9-14;/h1,3-4,8-9H,2,5-7,10-13,16H2,(H,17,18);1H. The minimum atomic E-state index is 0. The number of aryl methyl sites for hydroxylation is 1. The summed E-state index contributed by atoms with van der Waals surface area (Å²) in [6.07, 6.45) is 5.86. The molecule has 0 radical (unpaired) electrons. The van der Waals surface area contributed by atoms with Crippen molar-refractivity contribution in [1.29, 1.82) is 0 Å². The van der Waals surface area contributed by atoms with E-state index in [2.05, 4.69) is 29.6 Å². The topological polar surface area (TPSA) is 55.1 Å².